The molecule has 2 aromatic carbocycles. The summed E-state index contributed by atoms with van der Waals surface area (Å²) in [4.78, 5) is 18.1. The molecule has 1 aromatic heterocycles. The fourth-order valence-electron chi connectivity index (χ4n) is 3.77. The number of ketones is 1. The average molecular weight is 415 g/mol. The van der Waals surface area contributed by atoms with E-state index in [1.54, 1.807) is 6.20 Å². The Bertz CT molecular complexity index is 1150. The number of sulfonamides is 1. The van der Waals surface area contributed by atoms with E-state index in [4.69, 9.17) is 0 Å². The molecule has 2 heterocycles. The van der Waals surface area contributed by atoms with Crippen molar-refractivity contribution in [1.29, 1.82) is 0 Å². The number of piperazine rings is 1. The molecule has 0 spiro atoms. The van der Waals surface area contributed by atoms with Gasteiger partial charge in [0.15, 0.2) is 5.78 Å². The summed E-state index contributed by atoms with van der Waals surface area (Å²) in [5.74, 6) is -0.577. The van der Waals surface area contributed by atoms with Crippen molar-refractivity contribution >= 4 is 26.7 Å². The van der Waals surface area contributed by atoms with Crippen LogP contribution in [0.2, 0.25) is 0 Å². The Labute approximate surface area is 169 Å². The third-order valence-electron chi connectivity index (χ3n) is 5.49. The number of halogens is 1. The third kappa shape index (κ3) is 3.71. The van der Waals surface area contributed by atoms with Crippen LogP contribution in [-0.2, 0) is 10.0 Å². The molecule has 0 aliphatic carbocycles. The predicted octanol–water partition coefficient (Wildman–Crippen LogP) is 2.88. The van der Waals surface area contributed by atoms with Crippen molar-refractivity contribution in [2.45, 2.75) is 17.9 Å². The topological polar surface area (TPSA) is 73.5 Å². The molecule has 29 heavy (non-hydrogen) atoms. The lowest BCUT2D eigenvalue weighted by Gasteiger charge is -2.36. The zero-order chi connectivity index (χ0) is 20.6. The van der Waals surface area contributed by atoms with Crippen molar-refractivity contribution in [3.8, 4) is 0 Å². The van der Waals surface area contributed by atoms with E-state index in [0.717, 1.165) is 17.0 Å². The highest BCUT2D eigenvalue weighted by atomic mass is 32.2. The molecule has 0 radical (unpaired) electrons. The minimum Gasteiger partial charge on any atom is -0.360 e. The molecule has 1 saturated heterocycles. The molecule has 1 aliphatic rings. The largest absolute Gasteiger partial charge is 0.360 e. The number of hydrogen-bond donors (Lipinski definition) is 1. The van der Waals surface area contributed by atoms with E-state index in [2.05, 4.69) is 4.98 Å². The van der Waals surface area contributed by atoms with Gasteiger partial charge in [-0.2, -0.15) is 4.31 Å². The summed E-state index contributed by atoms with van der Waals surface area (Å²) >= 11 is 0. The number of Topliss-reactive ketones (excluding diaryl/α,β-unsaturated/α-hetero) is 1. The molecule has 0 saturated carbocycles. The average Bonchev–Trinajstić information content (AvgIpc) is 3.17. The minimum absolute atomic E-state index is 0.00360. The highest BCUT2D eigenvalue weighted by Crippen LogP contribution is 2.23. The van der Waals surface area contributed by atoms with Crippen LogP contribution in [0.25, 0.3) is 10.9 Å². The Morgan fingerprint density at radius 2 is 1.79 bits per heavy atom. The van der Waals surface area contributed by atoms with Gasteiger partial charge < -0.3 is 4.98 Å². The number of H-pyrrole nitrogens is 1. The highest BCUT2D eigenvalue weighted by Gasteiger charge is 2.32. The number of aromatic nitrogens is 1. The molecule has 4 rings (SSSR count). The van der Waals surface area contributed by atoms with Gasteiger partial charge in [0.05, 0.1) is 10.9 Å². The molecule has 1 fully saturated rings. The summed E-state index contributed by atoms with van der Waals surface area (Å²) < 4.78 is 40.3. The van der Waals surface area contributed by atoms with E-state index in [-0.39, 0.29) is 29.8 Å². The number of nitrogens with zero attached hydrogens (tertiary/aromatic N) is 2. The van der Waals surface area contributed by atoms with Gasteiger partial charge in [-0.1, -0.05) is 24.3 Å². The summed E-state index contributed by atoms with van der Waals surface area (Å²) in [5.41, 5.74) is 1.55. The first kappa shape index (κ1) is 19.8. The number of nitrogens with one attached hydrogen (secondary N) is 1. The summed E-state index contributed by atoms with van der Waals surface area (Å²) in [7, 11) is -3.75. The molecule has 1 N–H and O–H groups in total. The van der Waals surface area contributed by atoms with E-state index in [0.29, 0.717) is 18.7 Å². The van der Waals surface area contributed by atoms with Gasteiger partial charge in [-0.3, -0.25) is 9.69 Å². The Morgan fingerprint density at radius 3 is 2.52 bits per heavy atom. The van der Waals surface area contributed by atoms with Crippen molar-refractivity contribution in [3.05, 3.63) is 66.1 Å². The van der Waals surface area contributed by atoms with E-state index in [1.807, 2.05) is 36.1 Å². The number of hydrogen-bond acceptors (Lipinski definition) is 4. The van der Waals surface area contributed by atoms with Crippen LogP contribution in [0.3, 0.4) is 0 Å². The van der Waals surface area contributed by atoms with Crippen LogP contribution in [0.5, 0.6) is 0 Å². The zero-order valence-corrected chi connectivity index (χ0v) is 16.8. The molecular weight excluding hydrogens is 393 g/mol. The van der Waals surface area contributed by atoms with Crippen molar-refractivity contribution in [2.24, 2.45) is 0 Å². The SMILES string of the molecule is C[C@@H](C(=O)c1c[nH]c2ccccc12)N1CCN(S(=O)(=O)c2cccc(F)c2)CC1. The number of carbonyl (C=O) groups excluding carboxylic acids is 1. The van der Waals surface area contributed by atoms with Gasteiger partial charge in [0, 0.05) is 48.8 Å². The molecule has 0 bridgehead atoms. The van der Waals surface area contributed by atoms with Gasteiger partial charge in [0.25, 0.3) is 0 Å². The van der Waals surface area contributed by atoms with E-state index in [1.165, 1.54) is 22.5 Å². The van der Waals surface area contributed by atoms with Crippen molar-refractivity contribution in [2.75, 3.05) is 26.2 Å². The van der Waals surface area contributed by atoms with Crippen LogP contribution in [0, 0.1) is 5.82 Å². The fraction of sp³-hybridized carbons (Fsp3) is 0.286. The Balaban J connectivity index is 1.46. The first-order valence-corrected chi connectivity index (χ1v) is 10.9. The van der Waals surface area contributed by atoms with Gasteiger partial charge in [-0.15, -0.1) is 0 Å². The summed E-state index contributed by atoms with van der Waals surface area (Å²) in [6.45, 7) is 3.23. The minimum atomic E-state index is -3.75. The van der Waals surface area contributed by atoms with Crippen LogP contribution in [0.15, 0.2) is 59.6 Å². The molecule has 0 amide bonds. The summed E-state index contributed by atoms with van der Waals surface area (Å²) in [5, 5.41) is 0.886. The van der Waals surface area contributed by atoms with Crippen LogP contribution >= 0.6 is 0 Å². The van der Waals surface area contributed by atoms with Gasteiger partial charge in [-0.05, 0) is 31.2 Å². The molecule has 8 heteroatoms. The van der Waals surface area contributed by atoms with Crippen molar-refractivity contribution < 1.29 is 17.6 Å². The normalized spacial score (nSPS) is 17.4. The number of rotatable bonds is 5. The fourth-order valence-corrected chi connectivity index (χ4v) is 5.23. The Kier molecular flexibility index (Phi) is 5.24. The van der Waals surface area contributed by atoms with Gasteiger partial charge in [0.2, 0.25) is 10.0 Å². The zero-order valence-electron chi connectivity index (χ0n) is 16.0. The molecule has 1 aliphatic heterocycles. The Hall–Kier alpha value is -2.55. The summed E-state index contributed by atoms with van der Waals surface area (Å²) in [6, 6.07) is 12.3. The molecular formula is C21H22FN3O3S. The van der Waals surface area contributed by atoms with E-state index in [9.17, 15) is 17.6 Å². The second kappa shape index (κ2) is 7.70. The van der Waals surface area contributed by atoms with Gasteiger partial charge in [-0.25, -0.2) is 12.8 Å². The van der Waals surface area contributed by atoms with Crippen LogP contribution in [0.4, 0.5) is 4.39 Å². The lowest BCUT2D eigenvalue weighted by atomic mass is 10.0. The summed E-state index contributed by atoms with van der Waals surface area (Å²) in [6.07, 6.45) is 1.73. The second-order valence-electron chi connectivity index (χ2n) is 7.19. The maximum Gasteiger partial charge on any atom is 0.243 e. The molecule has 0 unspecified atom stereocenters. The molecule has 3 aromatic rings. The number of aromatic amines is 1. The van der Waals surface area contributed by atoms with Gasteiger partial charge in [0.1, 0.15) is 5.82 Å². The second-order valence-corrected chi connectivity index (χ2v) is 9.12. The first-order valence-electron chi connectivity index (χ1n) is 9.48. The quantitative estimate of drug-likeness (QED) is 0.651. The number of benzene rings is 2. The van der Waals surface area contributed by atoms with Crippen molar-refractivity contribution in [3.63, 3.8) is 0 Å². The predicted molar refractivity (Wildman–Crippen MR) is 109 cm³/mol. The lowest BCUT2D eigenvalue weighted by molar-refractivity contribution is 0.0784. The van der Waals surface area contributed by atoms with E-state index < -0.39 is 15.8 Å². The molecule has 152 valence electrons. The molecule has 6 nitrogen and oxygen atoms in total. The number of para-hydroxylation sites is 1. The van der Waals surface area contributed by atoms with Crippen LogP contribution in [-0.4, -0.2) is 60.6 Å². The van der Waals surface area contributed by atoms with Crippen LogP contribution in [0.1, 0.15) is 17.3 Å². The number of fused-ring (bicyclic) bond motifs is 1. The lowest BCUT2D eigenvalue weighted by Crippen LogP contribution is -2.53. The highest BCUT2D eigenvalue weighted by molar-refractivity contribution is 7.89. The first-order chi connectivity index (χ1) is 13.9. The monoisotopic (exact) mass is 415 g/mol. The third-order valence-corrected chi connectivity index (χ3v) is 7.38. The van der Waals surface area contributed by atoms with E-state index >= 15 is 0 Å². The maximum absolute atomic E-state index is 13.4. The smallest absolute Gasteiger partial charge is 0.243 e. The molecule has 1 atom stereocenters. The maximum atomic E-state index is 13.4. The standard InChI is InChI=1S/C21H22FN3O3S/c1-15(21(26)19-14-23-20-8-3-2-7-18(19)20)24-9-11-25(12-10-24)29(27,28)17-6-4-5-16(22)13-17/h2-8,13-15,23H,9-12H2,1H3/t15-/m0/s1. The van der Waals surface area contributed by atoms with Crippen LogP contribution < -0.4 is 0 Å². The Morgan fingerprint density at radius 1 is 1.07 bits per heavy atom. The van der Waals surface area contributed by atoms with Crippen molar-refractivity contribution in [1.82, 2.24) is 14.2 Å². The van der Waals surface area contributed by atoms with Gasteiger partial charge >= 0.3 is 0 Å². The number of carbonyl (C=O) groups is 1.